The van der Waals surface area contributed by atoms with Gasteiger partial charge in [0.25, 0.3) is 0 Å². The normalized spacial score (nSPS) is 20.6. The van der Waals surface area contributed by atoms with Crippen LogP contribution in [0.2, 0.25) is 0 Å². The summed E-state index contributed by atoms with van der Waals surface area (Å²) in [5.41, 5.74) is 0.726. The quantitative estimate of drug-likeness (QED) is 0.449. The Labute approximate surface area is 66.0 Å². The highest BCUT2D eigenvalue weighted by atomic mass is 16.7. The van der Waals surface area contributed by atoms with E-state index in [0.29, 0.717) is 19.6 Å². The first-order chi connectivity index (χ1) is 5.33. The molecule has 0 aromatic heterocycles. The third-order valence-electron chi connectivity index (χ3n) is 1.51. The summed E-state index contributed by atoms with van der Waals surface area (Å²) in [7, 11) is 0. The smallest absolute Gasteiger partial charge is 0.161 e. The number of aldehydes is 1. The maximum absolute atomic E-state index is 10.2. The van der Waals surface area contributed by atoms with E-state index in [1.54, 1.807) is 6.92 Å². The van der Waals surface area contributed by atoms with Gasteiger partial charge in [0.2, 0.25) is 0 Å². The van der Waals surface area contributed by atoms with E-state index in [0.717, 1.165) is 11.9 Å². The zero-order chi connectivity index (χ0) is 8.10. The summed E-state index contributed by atoms with van der Waals surface area (Å²) in [5, 5.41) is 0. The summed E-state index contributed by atoms with van der Waals surface area (Å²) < 4.78 is 10.3. The van der Waals surface area contributed by atoms with Crippen molar-refractivity contribution in [1.82, 2.24) is 0 Å². The highest BCUT2D eigenvalue weighted by Gasteiger charge is 2.13. The molecule has 62 valence electrons. The standard InChI is InChI=1S/C8H12O3/c1-7(6-9)2-3-8-10-4-5-11-8/h2,6,8H,3-5H2,1H3/b7-2+. The van der Waals surface area contributed by atoms with Gasteiger partial charge in [0.05, 0.1) is 13.2 Å². The van der Waals surface area contributed by atoms with E-state index < -0.39 is 0 Å². The molecule has 0 unspecified atom stereocenters. The van der Waals surface area contributed by atoms with Gasteiger partial charge in [-0.25, -0.2) is 0 Å². The van der Waals surface area contributed by atoms with E-state index in [-0.39, 0.29) is 6.29 Å². The fourth-order valence-corrected chi connectivity index (χ4v) is 0.874. The van der Waals surface area contributed by atoms with Crippen LogP contribution in [0.3, 0.4) is 0 Å². The van der Waals surface area contributed by atoms with Crippen molar-refractivity contribution in [1.29, 1.82) is 0 Å². The lowest BCUT2D eigenvalue weighted by Gasteiger charge is -2.04. The summed E-state index contributed by atoms with van der Waals surface area (Å²) in [6.07, 6.45) is 3.19. The topological polar surface area (TPSA) is 35.5 Å². The van der Waals surface area contributed by atoms with Crippen molar-refractivity contribution in [2.24, 2.45) is 0 Å². The van der Waals surface area contributed by atoms with Crippen molar-refractivity contribution in [3.05, 3.63) is 11.6 Å². The lowest BCUT2D eigenvalue weighted by atomic mass is 10.2. The predicted molar refractivity (Wildman–Crippen MR) is 40.1 cm³/mol. The number of rotatable bonds is 3. The van der Waals surface area contributed by atoms with Crippen LogP contribution in [-0.4, -0.2) is 25.8 Å². The van der Waals surface area contributed by atoms with Gasteiger partial charge < -0.3 is 9.47 Å². The molecule has 3 nitrogen and oxygen atoms in total. The molecule has 0 spiro atoms. The molecule has 1 rings (SSSR count). The average molecular weight is 156 g/mol. The lowest BCUT2D eigenvalue weighted by Crippen LogP contribution is -2.05. The Balaban J connectivity index is 2.24. The number of carbonyl (C=O) groups is 1. The first kappa shape index (κ1) is 8.43. The molecule has 0 saturated carbocycles. The summed E-state index contributed by atoms with van der Waals surface area (Å²) in [5.74, 6) is 0. The predicted octanol–water partition coefficient (Wildman–Crippen LogP) is 0.895. The molecule has 3 heteroatoms. The fraction of sp³-hybridized carbons (Fsp3) is 0.625. The minimum Gasteiger partial charge on any atom is -0.350 e. The fourth-order valence-electron chi connectivity index (χ4n) is 0.874. The van der Waals surface area contributed by atoms with Gasteiger partial charge in [-0.05, 0) is 12.5 Å². The second-order valence-corrected chi connectivity index (χ2v) is 2.47. The third-order valence-corrected chi connectivity index (χ3v) is 1.51. The summed E-state index contributed by atoms with van der Waals surface area (Å²) in [4.78, 5) is 10.2. The number of hydrogen-bond acceptors (Lipinski definition) is 3. The average Bonchev–Trinajstić information content (AvgIpc) is 2.52. The molecule has 0 aromatic rings. The molecule has 0 N–H and O–H groups in total. The van der Waals surface area contributed by atoms with Crippen molar-refractivity contribution in [3.8, 4) is 0 Å². The molecule has 1 heterocycles. The van der Waals surface area contributed by atoms with E-state index in [1.807, 2.05) is 6.08 Å². The molecule has 0 amide bonds. The largest absolute Gasteiger partial charge is 0.350 e. The number of allylic oxidation sites excluding steroid dienone is 1. The Bertz CT molecular complexity index is 157. The van der Waals surface area contributed by atoms with Crippen LogP contribution in [0.1, 0.15) is 13.3 Å². The number of ether oxygens (including phenoxy) is 2. The molecule has 0 radical (unpaired) electrons. The maximum Gasteiger partial charge on any atom is 0.161 e. The molecule has 1 fully saturated rings. The summed E-state index contributed by atoms with van der Waals surface area (Å²) in [6, 6.07) is 0. The van der Waals surface area contributed by atoms with Crippen LogP contribution in [-0.2, 0) is 14.3 Å². The molecule has 1 aliphatic rings. The zero-order valence-electron chi connectivity index (χ0n) is 6.58. The summed E-state index contributed by atoms with van der Waals surface area (Å²) >= 11 is 0. The SMILES string of the molecule is C/C(C=O)=C\CC1OCCO1. The van der Waals surface area contributed by atoms with Gasteiger partial charge in [0.15, 0.2) is 6.29 Å². The van der Waals surface area contributed by atoms with Crippen molar-refractivity contribution in [2.45, 2.75) is 19.6 Å². The van der Waals surface area contributed by atoms with Gasteiger partial charge in [0.1, 0.15) is 6.29 Å². The van der Waals surface area contributed by atoms with Crippen LogP contribution in [0, 0.1) is 0 Å². The Morgan fingerprint density at radius 1 is 1.55 bits per heavy atom. The van der Waals surface area contributed by atoms with Crippen molar-refractivity contribution in [2.75, 3.05) is 13.2 Å². The van der Waals surface area contributed by atoms with Gasteiger partial charge in [-0.3, -0.25) is 4.79 Å². The minimum absolute atomic E-state index is 0.134. The van der Waals surface area contributed by atoms with Gasteiger partial charge in [0, 0.05) is 6.42 Å². The van der Waals surface area contributed by atoms with Crippen LogP contribution in [0.15, 0.2) is 11.6 Å². The van der Waals surface area contributed by atoms with Crippen molar-refractivity contribution < 1.29 is 14.3 Å². The molecular weight excluding hydrogens is 144 g/mol. The van der Waals surface area contributed by atoms with Gasteiger partial charge in [-0.15, -0.1) is 0 Å². The minimum atomic E-state index is -0.134. The Morgan fingerprint density at radius 2 is 2.18 bits per heavy atom. The van der Waals surface area contributed by atoms with E-state index in [2.05, 4.69) is 0 Å². The van der Waals surface area contributed by atoms with Gasteiger partial charge >= 0.3 is 0 Å². The van der Waals surface area contributed by atoms with Crippen molar-refractivity contribution >= 4 is 6.29 Å². The first-order valence-corrected chi connectivity index (χ1v) is 3.68. The van der Waals surface area contributed by atoms with Crippen LogP contribution >= 0.6 is 0 Å². The van der Waals surface area contributed by atoms with E-state index in [4.69, 9.17) is 9.47 Å². The molecular formula is C8H12O3. The third kappa shape index (κ3) is 2.82. The van der Waals surface area contributed by atoms with Crippen LogP contribution in [0.4, 0.5) is 0 Å². The second kappa shape index (κ2) is 4.26. The van der Waals surface area contributed by atoms with Crippen LogP contribution < -0.4 is 0 Å². The highest BCUT2D eigenvalue weighted by molar-refractivity contribution is 5.71. The Morgan fingerprint density at radius 3 is 2.73 bits per heavy atom. The molecule has 0 aliphatic carbocycles. The van der Waals surface area contributed by atoms with E-state index >= 15 is 0 Å². The maximum atomic E-state index is 10.2. The zero-order valence-corrected chi connectivity index (χ0v) is 6.58. The van der Waals surface area contributed by atoms with Gasteiger partial charge in [-0.1, -0.05) is 6.08 Å². The van der Waals surface area contributed by atoms with E-state index in [9.17, 15) is 4.79 Å². The lowest BCUT2D eigenvalue weighted by molar-refractivity contribution is -0.104. The Hall–Kier alpha value is -0.670. The molecule has 1 aliphatic heterocycles. The van der Waals surface area contributed by atoms with Crippen LogP contribution in [0.5, 0.6) is 0 Å². The monoisotopic (exact) mass is 156 g/mol. The molecule has 11 heavy (non-hydrogen) atoms. The second-order valence-electron chi connectivity index (χ2n) is 2.47. The first-order valence-electron chi connectivity index (χ1n) is 3.68. The molecule has 0 atom stereocenters. The summed E-state index contributed by atoms with van der Waals surface area (Å²) in [6.45, 7) is 3.10. The number of carbonyl (C=O) groups excluding carboxylic acids is 1. The van der Waals surface area contributed by atoms with Gasteiger partial charge in [-0.2, -0.15) is 0 Å². The molecule has 0 aromatic carbocycles. The molecule has 1 saturated heterocycles. The van der Waals surface area contributed by atoms with Crippen molar-refractivity contribution in [3.63, 3.8) is 0 Å². The number of hydrogen-bond donors (Lipinski definition) is 0. The van der Waals surface area contributed by atoms with E-state index in [1.165, 1.54) is 0 Å². The Kier molecular flexibility index (Phi) is 3.26. The highest BCUT2D eigenvalue weighted by Crippen LogP contribution is 2.08. The molecule has 0 bridgehead atoms. The van der Waals surface area contributed by atoms with Crippen LogP contribution in [0.25, 0.3) is 0 Å².